The first-order valence-corrected chi connectivity index (χ1v) is 6.51. The quantitative estimate of drug-likeness (QED) is 0.827. The highest BCUT2D eigenvalue weighted by Crippen LogP contribution is 2.23. The van der Waals surface area contributed by atoms with Crippen LogP contribution in [0.2, 0.25) is 0 Å². The lowest BCUT2D eigenvalue weighted by atomic mass is 10.2. The number of aromatic nitrogens is 3. The molecule has 1 aliphatic rings. The van der Waals surface area contributed by atoms with Crippen molar-refractivity contribution in [2.45, 2.75) is 20.0 Å². The van der Waals surface area contributed by atoms with Crippen LogP contribution in [-0.2, 0) is 17.9 Å². The van der Waals surface area contributed by atoms with Crippen molar-refractivity contribution in [1.82, 2.24) is 19.7 Å². The molecule has 1 amide bonds. The molecule has 0 N–H and O–H groups in total. The summed E-state index contributed by atoms with van der Waals surface area (Å²) in [4.78, 5) is 13.2. The van der Waals surface area contributed by atoms with Crippen molar-refractivity contribution in [3.8, 4) is 17.1 Å². The molecule has 0 aliphatic carbocycles. The molecule has 3 rings (SSSR count). The Morgan fingerprint density at radius 3 is 2.60 bits per heavy atom. The van der Waals surface area contributed by atoms with Gasteiger partial charge in [0, 0.05) is 25.6 Å². The minimum absolute atomic E-state index is 0.0743. The predicted molar refractivity (Wildman–Crippen MR) is 73.1 cm³/mol. The van der Waals surface area contributed by atoms with Gasteiger partial charge >= 0.3 is 0 Å². The monoisotopic (exact) mass is 272 g/mol. The maximum Gasteiger partial charge on any atom is 0.219 e. The highest BCUT2D eigenvalue weighted by atomic mass is 16.5. The van der Waals surface area contributed by atoms with E-state index >= 15 is 0 Å². The minimum Gasteiger partial charge on any atom is -0.497 e. The molecular formula is C14H16N4O2. The van der Waals surface area contributed by atoms with E-state index in [4.69, 9.17) is 4.74 Å². The normalized spacial score (nSPS) is 14.0. The molecule has 6 heteroatoms. The van der Waals surface area contributed by atoms with Gasteiger partial charge in [-0.25, -0.2) is 0 Å². The van der Waals surface area contributed by atoms with Gasteiger partial charge in [0.2, 0.25) is 5.91 Å². The van der Waals surface area contributed by atoms with E-state index in [2.05, 4.69) is 14.8 Å². The van der Waals surface area contributed by atoms with Crippen LogP contribution in [0.4, 0.5) is 0 Å². The van der Waals surface area contributed by atoms with E-state index in [1.165, 1.54) is 0 Å². The van der Waals surface area contributed by atoms with Crippen molar-refractivity contribution in [2.24, 2.45) is 0 Å². The molecule has 20 heavy (non-hydrogen) atoms. The van der Waals surface area contributed by atoms with E-state index in [9.17, 15) is 4.79 Å². The summed E-state index contributed by atoms with van der Waals surface area (Å²) in [6.07, 6.45) is 0. The largest absolute Gasteiger partial charge is 0.497 e. The smallest absolute Gasteiger partial charge is 0.219 e. The third kappa shape index (κ3) is 2.13. The Hall–Kier alpha value is -2.37. The zero-order chi connectivity index (χ0) is 14.1. The van der Waals surface area contributed by atoms with Crippen molar-refractivity contribution in [3.05, 3.63) is 30.1 Å². The van der Waals surface area contributed by atoms with Gasteiger partial charge in [0.25, 0.3) is 0 Å². The van der Waals surface area contributed by atoms with Gasteiger partial charge in [0.1, 0.15) is 5.75 Å². The molecule has 0 unspecified atom stereocenters. The number of ether oxygens (including phenoxy) is 1. The van der Waals surface area contributed by atoms with Gasteiger partial charge in [0.05, 0.1) is 13.7 Å². The van der Waals surface area contributed by atoms with Gasteiger partial charge in [-0.15, -0.1) is 10.2 Å². The Labute approximate surface area is 117 Å². The number of amides is 1. The maximum atomic E-state index is 11.4. The molecule has 0 saturated carbocycles. The minimum atomic E-state index is 0.0743. The van der Waals surface area contributed by atoms with Crippen LogP contribution in [0.1, 0.15) is 12.7 Å². The number of carbonyl (C=O) groups excluding carboxylic acids is 1. The molecule has 0 spiro atoms. The Morgan fingerprint density at radius 1 is 1.20 bits per heavy atom. The molecule has 6 nitrogen and oxygen atoms in total. The Bertz CT molecular complexity index is 633. The summed E-state index contributed by atoms with van der Waals surface area (Å²) in [6, 6.07) is 7.74. The summed E-state index contributed by atoms with van der Waals surface area (Å²) < 4.78 is 7.22. The number of carbonyl (C=O) groups is 1. The summed E-state index contributed by atoms with van der Waals surface area (Å²) >= 11 is 0. The molecule has 0 radical (unpaired) electrons. The lowest BCUT2D eigenvalue weighted by Gasteiger charge is -2.26. The van der Waals surface area contributed by atoms with Crippen molar-refractivity contribution in [1.29, 1.82) is 0 Å². The van der Waals surface area contributed by atoms with Gasteiger partial charge in [-0.05, 0) is 24.3 Å². The van der Waals surface area contributed by atoms with E-state index < -0.39 is 0 Å². The van der Waals surface area contributed by atoms with Crippen LogP contribution in [0.3, 0.4) is 0 Å². The molecule has 2 heterocycles. The van der Waals surface area contributed by atoms with Crippen LogP contribution in [0.25, 0.3) is 11.4 Å². The number of fused-ring (bicyclic) bond motifs is 1. The zero-order valence-corrected chi connectivity index (χ0v) is 11.5. The summed E-state index contributed by atoms with van der Waals surface area (Å²) in [5, 5.41) is 8.45. The summed E-state index contributed by atoms with van der Waals surface area (Å²) in [6.45, 7) is 3.53. The second-order valence-electron chi connectivity index (χ2n) is 4.76. The molecule has 2 aromatic rings. The first-order valence-electron chi connectivity index (χ1n) is 6.51. The number of hydrogen-bond donors (Lipinski definition) is 0. The van der Waals surface area contributed by atoms with Crippen molar-refractivity contribution >= 4 is 5.91 Å². The van der Waals surface area contributed by atoms with Gasteiger partial charge < -0.3 is 14.2 Å². The second kappa shape index (κ2) is 4.96. The van der Waals surface area contributed by atoms with Crippen LogP contribution >= 0.6 is 0 Å². The molecule has 0 atom stereocenters. The van der Waals surface area contributed by atoms with E-state index in [0.29, 0.717) is 13.1 Å². The van der Waals surface area contributed by atoms with Gasteiger partial charge in [-0.1, -0.05) is 0 Å². The van der Waals surface area contributed by atoms with E-state index in [1.54, 1.807) is 18.9 Å². The van der Waals surface area contributed by atoms with Crippen molar-refractivity contribution < 1.29 is 9.53 Å². The SMILES string of the molecule is COc1ccc(-c2nnc3n2CCN(C(C)=O)C3)cc1. The molecule has 0 bridgehead atoms. The van der Waals surface area contributed by atoms with Crippen LogP contribution in [0.5, 0.6) is 5.75 Å². The Morgan fingerprint density at radius 2 is 1.95 bits per heavy atom. The van der Waals surface area contributed by atoms with E-state index in [-0.39, 0.29) is 5.91 Å². The fourth-order valence-electron chi connectivity index (χ4n) is 2.38. The standard InChI is InChI=1S/C14H16N4O2/c1-10(19)17-7-8-18-13(9-17)15-16-14(18)11-3-5-12(20-2)6-4-11/h3-6H,7-9H2,1-2H3. The predicted octanol–water partition coefficient (Wildman–Crippen LogP) is 1.32. The van der Waals surface area contributed by atoms with Gasteiger partial charge in [-0.3, -0.25) is 4.79 Å². The zero-order valence-electron chi connectivity index (χ0n) is 11.5. The third-order valence-electron chi connectivity index (χ3n) is 3.55. The molecule has 1 aliphatic heterocycles. The number of benzene rings is 1. The van der Waals surface area contributed by atoms with Crippen LogP contribution < -0.4 is 4.74 Å². The molecule has 104 valence electrons. The molecule has 0 fully saturated rings. The van der Waals surface area contributed by atoms with Crippen LogP contribution in [0.15, 0.2) is 24.3 Å². The second-order valence-corrected chi connectivity index (χ2v) is 4.76. The number of rotatable bonds is 2. The van der Waals surface area contributed by atoms with Crippen LogP contribution in [0, 0.1) is 0 Å². The first kappa shape index (κ1) is 12.7. The average molecular weight is 272 g/mol. The number of nitrogens with zero attached hydrogens (tertiary/aromatic N) is 4. The summed E-state index contributed by atoms with van der Waals surface area (Å²) in [5.74, 6) is 2.56. The molecular weight excluding hydrogens is 256 g/mol. The Kier molecular flexibility index (Phi) is 3.14. The summed E-state index contributed by atoms with van der Waals surface area (Å²) in [5.41, 5.74) is 1.00. The molecule has 1 aromatic carbocycles. The molecule has 1 aromatic heterocycles. The number of hydrogen-bond acceptors (Lipinski definition) is 4. The average Bonchev–Trinajstić information content (AvgIpc) is 2.90. The fraction of sp³-hybridized carbons (Fsp3) is 0.357. The fourth-order valence-corrected chi connectivity index (χ4v) is 2.38. The van der Waals surface area contributed by atoms with E-state index in [0.717, 1.165) is 29.5 Å². The molecule has 0 saturated heterocycles. The van der Waals surface area contributed by atoms with E-state index in [1.807, 2.05) is 24.3 Å². The van der Waals surface area contributed by atoms with Crippen molar-refractivity contribution in [3.63, 3.8) is 0 Å². The van der Waals surface area contributed by atoms with Gasteiger partial charge in [-0.2, -0.15) is 0 Å². The Balaban J connectivity index is 1.91. The first-order chi connectivity index (χ1) is 9.69. The number of methoxy groups -OCH3 is 1. The highest BCUT2D eigenvalue weighted by molar-refractivity contribution is 5.73. The topological polar surface area (TPSA) is 60.3 Å². The van der Waals surface area contributed by atoms with Gasteiger partial charge in [0.15, 0.2) is 11.6 Å². The highest BCUT2D eigenvalue weighted by Gasteiger charge is 2.22. The summed E-state index contributed by atoms with van der Waals surface area (Å²) in [7, 11) is 1.64. The maximum absolute atomic E-state index is 11.4. The lowest BCUT2D eigenvalue weighted by molar-refractivity contribution is -0.130. The lowest BCUT2D eigenvalue weighted by Crippen LogP contribution is -2.37. The van der Waals surface area contributed by atoms with Crippen LogP contribution in [-0.4, -0.2) is 39.2 Å². The van der Waals surface area contributed by atoms with Crippen molar-refractivity contribution in [2.75, 3.05) is 13.7 Å². The third-order valence-corrected chi connectivity index (χ3v) is 3.55.